The van der Waals surface area contributed by atoms with E-state index in [9.17, 15) is 8.42 Å². The van der Waals surface area contributed by atoms with Crippen LogP contribution in [0.2, 0.25) is 0 Å². The van der Waals surface area contributed by atoms with Crippen LogP contribution in [0, 0.1) is 0 Å². The summed E-state index contributed by atoms with van der Waals surface area (Å²) in [7, 11) is -1.92. The second-order valence-electron chi connectivity index (χ2n) is 4.39. The maximum atomic E-state index is 12.2. The number of methoxy groups -OCH3 is 1. The van der Waals surface area contributed by atoms with Crippen LogP contribution in [-0.2, 0) is 16.4 Å². The number of rotatable bonds is 6. The lowest BCUT2D eigenvalue weighted by Gasteiger charge is -2.10. The van der Waals surface area contributed by atoms with Crippen LogP contribution >= 0.6 is 15.9 Å². The van der Waals surface area contributed by atoms with Gasteiger partial charge >= 0.3 is 0 Å². The Morgan fingerprint density at radius 3 is 2.48 bits per heavy atom. The SMILES string of the molecule is COc1ccccc1CCNS(=O)(=O)c1ccccc1Br. The molecule has 0 spiro atoms. The number of sulfonamides is 1. The summed E-state index contributed by atoms with van der Waals surface area (Å²) in [5.74, 6) is 0.762. The Morgan fingerprint density at radius 1 is 1.10 bits per heavy atom. The molecule has 0 saturated heterocycles. The van der Waals surface area contributed by atoms with Crippen LogP contribution in [-0.4, -0.2) is 22.1 Å². The quantitative estimate of drug-likeness (QED) is 0.851. The number of hydrogen-bond acceptors (Lipinski definition) is 3. The van der Waals surface area contributed by atoms with Crippen molar-refractivity contribution < 1.29 is 13.2 Å². The predicted molar refractivity (Wildman–Crippen MR) is 86.0 cm³/mol. The largest absolute Gasteiger partial charge is 0.496 e. The van der Waals surface area contributed by atoms with E-state index in [1.807, 2.05) is 24.3 Å². The monoisotopic (exact) mass is 369 g/mol. The highest BCUT2D eigenvalue weighted by Crippen LogP contribution is 2.21. The van der Waals surface area contributed by atoms with Gasteiger partial charge in [-0.25, -0.2) is 13.1 Å². The van der Waals surface area contributed by atoms with Crippen molar-refractivity contribution in [3.63, 3.8) is 0 Å². The van der Waals surface area contributed by atoms with Gasteiger partial charge in [0.15, 0.2) is 0 Å². The van der Waals surface area contributed by atoms with Crippen molar-refractivity contribution in [2.24, 2.45) is 0 Å². The third-order valence-electron chi connectivity index (χ3n) is 3.01. The van der Waals surface area contributed by atoms with E-state index in [2.05, 4.69) is 20.7 Å². The number of para-hydroxylation sites is 1. The fourth-order valence-electron chi connectivity index (χ4n) is 1.97. The molecule has 2 aromatic rings. The maximum Gasteiger partial charge on any atom is 0.241 e. The fourth-order valence-corrected chi connectivity index (χ4v) is 4.00. The molecular weight excluding hydrogens is 354 g/mol. The van der Waals surface area contributed by atoms with Crippen molar-refractivity contribution >= 4 is 26.0 Å². The molecule has 6 heteroatoms. The van der Waals surface area contributed by atoms with Crippen molar-refractivity contribution in [1.82, 2.24) is 4.72 Å². The zero-order valence-electron chi connectivity index (χ0n) is 11.5. The van der Waals surface area contributed by atoms with Gasteiger partial charge in [-0.05, 0) is 46.1 Å². The van der Waals surface area contributed by atoms with Crippen molar-refractivity contribution in [3.8, 4) is 5.75 Å². The molecule has 0 amide bonds. The van der Waals surface area contributed by atoms with Crippen LogP contribution in [0.5, 0.6) is 5.75 Å². The molecule has 0 aliphatic heterocycles. The molecule has 4 nitrogen and oxygen atoms in total. The first kappa shape index (κ1) is 16.0. The zero-order valence-corrected chi connectivity index (χ0v) is 13.9. The highest BCUT2D eigenvalue weighted by atomic mass is 79.9. The number of hydrogen-bond donors (Lipinski definition) is 1. The predicted octanol–water partition coefficient (Wildman–Crippen LogP) is 2.98. The average Bonchev–Trinajstić information content (AvgIpc) is 2.48. The number of halogens is 1. The molecule has 112 valence electrons. The minimum Gasteiger partial charge on any atom is -0.496 e. The maximum absolute atomic E-state index is 12.2. The summed E-state index contributed by atoms with van der Waals surface area (Å²) in [5.41, 5.74) is 0.967. The normalized spacial score (nSPS) is 11.3. The van der Waals surface area contributed by atoms with Gasteiger partial charge in [0.2, 0.25) is 10.0 Å². The molecule has 2 aromatic carbocycles. The van der Waals surface area contributed by atoms with Crippen molar-refractivity contribution in [2.75, 3.05) is 13.7 Å². The van der Waals surface area contributed by atoms with Gasteiger partial charge in [0.05, 0.1) is 12.0 Å². The lowest BCUT2D eigenvalue weighted by molar-refractivity contribution is 0.409. The third-order valence-corrected chi connectivity index (χ3v) is 5.48. The summed E-state index contributed by atoms with van der Waals surface area (Å²) in [5, 5.41) is 0. The van der Waals surface area contributed by atoms with E-state index in [-0.39, 0.29) is 4.90 Å². The van der Waals surface area contributed by atoms with Crippen LogP contribution in [0.3, 0.4) is 0 Å². The molecule has 2 rings (SSSR count). The average molecular weight is 370 g/mol. The summed E-state index contributed by atoms with van der Waals surface area (Å²) in [6, 6.07) is 14.3. The Kier molecular flexibility index (Phi) is 5.39. The summed E-state index contributed by atoms with van der Waals surface area (Å²) in [4.78, 5) is 0.241. The molecular formula is C15H16BrNO3S. The van der Waals surface area contributed by atoms with Crippen LogP contribution in [0.4, 0.5) is 0 Å². The van der Waals surface area contributed by atoms with Crippen molar-refractivity contribution in [1.29, 1.82) is 0 Å². The van der Waals surface area contributed by atoms with Gasteiger partial charge in [-0.2, -0.15) is 0 Å². The Labute approximate surface area is 133 Å². The first-order valence-electron chi connectivity index (χ1n) is 6.40. The first-order valence-corrected chi connectivity index (χ1v) is 8.68. The molecule has 0 bridgehead atoms. The molecule has 0 fully saturated rings. The van der Waals surface area contributed by atoms with Crippen LogP contribution in [0.25, 0.3) is 0 Å². The second-order valence-corrected chi connectivity index (χ2v) is 6.98. The summed E-state index contributed by atoms with van der Waals surface area (Å²) in [6.07, 6.45) is 0.563. The van der Waals surface area contributed by atoms with E-state index in [1.165, 1.54) is 0 Å². The number of nitrogens with one attached hydrogen (secondary N) is 1. The Balaban J connectivity index is 2.05. The van der Waals surface area contributed by atoms with Crippen LogP contribution in [0.1, 0.15) is 5.56 Å². The van der Waals surface area contributed by atoms with Gasteiger partial charge in [-0.15, -0.1) is 0 Å². The molecule has 0 heterocycles. The van der Waals surface area contributed by atoms with E-state index in [0.717, 1.165) is 11.3 Å². The molecule has 0 unspecified atom stereocenters. The van der Waals surface area contributed by atoms with E-state index >= 15 is 0 Å². The van der Waals surface area contributed by atoms with E-state index in [4.69, 9.17) is 4.74 Å². The smallest absolute Gasteiger partial charge is 0.241 e. The Morgan fingerprint density at radius 2 is 1.76 bits per heavy atom. The highest BCUT2D eigenvalue weighted by molar-refractivity contribution is 9.10. The van der Waals surface area contributed by atoms with Gasteiger partial charge < -0.3 is 4.74 Å². The van der Waals surface area contributed by atoms with E-state index in [0.29, 0.717) is 17.4 Å². The van der Waals surface area contributed by atoms with Gasteiger partial charge in [0.1, 0.15) is 5.75 Å². The molecule has 0 saturated carbocycles. The van der Waals surface area contributed by atoms with Crippen molar-refractivity contribution in [2.45, 2.75) is 11.3 Å². The van der Waals surface area contributed by atoms with E-state index in [1.54, 1.807) is 31.4 Å². The second kappa shape index (κ2) is 7.06. The Hall–Kier alpha value is -1.37. The molecule has 21 heavy (non-hydrogen) atoms. The minimum atomic E-state index is -3.52. The first-order chi connectivity index (χ1) is 10.0. The molecule has 0 aliphatic rings. The Bertz CT molecular complexity index is 716. The topological polar surface area (TPSA) is 55.4 Å². The van der Waals surface area contributed by atoms with Gasteiger partial charge in [0, 0.05) is 11.0 Å². The van der Waals surface area contributed by atoms with Gasteiger partial charge in [-0.1, -0.05) is 30.3 Å². The summed E-state index contributed by atoms with van der Waals surface area (Å²) >= 11 is 3.25. The van der Waals surface area contributed by atoms with Crippen LogP contribution < -0.4 is 9.46 Å². The van der Waals surface area contributed by atoms with Gasteiger partial charge in [0.25, 0.3) is 0 Å². The zero-order chi connectivity index (χ0) is 15.3. The summed E-state index contributed by atoms with van der Waals surface area (Å²) < 4.78 is 32.9. The lowest BCUT2D eigenvalue weighted by atomic mass is 10.1. The molecule has 1 N–H and O–H groups in total. The molecule has 0 atom stereocenters. The number of ether oxygens (including phenoxy) is 1. The van der Waals surface area contributed by atoms with Crippen molar-refractivity contribution in [3.05, 3.63) is 58.6 Å². The lowest BCUT2D eigenvalue weighted by Crippen LogP contribution is -2.26. The summed E-state index contributed by atoms with van der Waals surface area (Å²) in [6.45, 7) is 0.310. The van der Waals surface area contributed by atoms with Crippen LogP contribution in [0.15, 0.2) is 57.9 Å². The van der Waals surface area contributed by atoms with E-state index < -0.39 is 10.0 Å². The minimum absolute atomic E-state index is 0.241. The molecule has 0 aromatic heterocycles. The molecule has 0 radical (unpaired) electrons. The van der Waals surface area contributed by atoms with Gasteiger partial charge in [-0.3, -0.25) is 0 Å². The fraction of sp³-hybridized carbons (Fsp3) is 0.200. The standard InChI is InChI=1S/C15H16BrNO3S/c1-20-14-8-4-2-6-12(14)10-11-17-21(18,19)15-9-5-3-7-13(15)16/h2-9,17H,10-11H2,1H3. The highest BCUT2D eigenvalue weighted by Gasteiger charge is 2.16. The third kappa shape index (κ3) is 4.06. The molecule has 0 aliphatic carbocycles. The number of benzene rings is 2.